The predicted octanol–water partition coefficient (Wildman–Crippen LogP) is 1.88. The van der Waals surface area contributed by atoms with Crippen LogP contribution < -0.4 is 10.6 Å². The number of hydrogen-bond donors (Lipinski definition) is 1. The lowest BCUT2D eigenvalue weighted by Gasteiger charge is -2.17. The van der Waals surface area contributed by atoms with Crippen LogP contribution in [0.5, 0.6) is 0 Å². The molecule has 5 heteroatoms. The van der Waals surface area contributed by atoms with Gasteiger partial charge in [-0.1, -0.05) is 0 Å². The number of hydrogen-bond acceptors (Lipinski definition) is 4. The normalized spacial score (nSPS) is 10.2. The largest absolute Gasteiger partial charge is 0.397 e. The summed E-state index contributed by atoms with van der Waals surface area (Å²) in [4.78, 5) is 16.2. The van der Waals surface area contributed by atoms with Crippen LogP contribution in [0, 0.1) is 0 Å². The van der Waals surface area contributed by atoms with Crippen molar-refractivity contribution in [3.05, 3.63) is 10.9 Å². The Kier molecular flexibility index (Phi) is 4.18. The van der Waals surface area contributed by atoms with Gasteiger partial charge in [-0.15, -0.1) is 11.3 Å². The summed E-state index contributed by atoms with van der Waals surface area (Å²) in [5, 5.41) is 1.06. The van der Waals surface area contributed by atoms with E-state index < -0.39 is 0 Å². The number of carbonyl (C=O) groups excluding carboxylic acids is 1. The van der Waals surface area contributed by atoms with Crippen molar-refractivity contribution in [2.24, 2.45) is 0 Å². The van der Waals surface area contributed by atoms with Crippen LogP contribution in [0.1, 0.15) is 23.5 Å². The first-order valence-electron chi connectivity index (χ1n) is 5.37. The van der Waals surface area contributed by atoms with Crippen LogP contribution in [-0.2, 0) is 0 Å². The molecule has 0 aliphatic heterocycles. The topological polar surface area (TPSA) is 49.6 Å². The molecule has 1 heterocycles. The number of amides is 1. The van der Waals surface area contributed by atoms with Crippen molar-refractivity contribution in [1.29, 1.82) is 0 Å². The Morgan fingerprint density at radius 2 is 1.94 bits per heavy atom. The first-order valence-corrected chi connectivity index (χ1v) is 6.18. The molecule has 0 aliphatic rings. The summed E-state index contributed by atoms with van der Waals surface area (Å²) in [5.41, 5.74) is 6.44. The number of nitrogen functional groups attached to an aromatic ring is 1. The molecule has 1 rings (SSSR count). The average Bonchev–Trinajstić information content (AvgIpc) is 2.61. The van der Waals surface area contributed by atoms with Crippen LogP contribution in [0.15, 0.2) is 6.07 Å². The summed E-state index contributed by atoms with van der Waals surface area (Å²) in [6.45, 7) is 6.03. The lowest BCUT2D eigenvalue weighted by atomic mass is 10.3. The van der Waals surface area contributed by atoms with E-state index in [9.17, 15) is 4.79 Å². The van der Waals surface area contributed by atoms with E-state index in [1.807, 2.05) is 6.07 Å². The third-order valence-corrected chi connectivity index (χ3v) is 3.62. The highest BCUT2D eigenvalue weighted by Crippen LogP contribution is 2.32. The standard InChI is InChI=1S/C11H19N3OS/c1-5-14(6-2)9-7-8(12)10(16-9)11(15)13(3)4/h7H,5-6,12H2,1-4H3. The molecule has 90 valence electrons. The van der Waals surface area contributed by atoms with E-state index in [1.54, 1.807) is 19.0 Å². The third-order valence-electron chi connectivity index (χ3n) is 2.42. The Balaban J connectivity index is 3.02. The van der Waals surface area contributed by atoms with Gasteiger partial charge in [0.1, 0.15) is 4.88 Å². The van der Waals surface area contributed by atoms with Gasteiger partial charge in [0.25, 0.3) is 5.91 Å². The molecule has 0 aliphatic carbocycles. The molecule has 0 aromatic carbocycles. The molecule has 1 aromatic heterocycles. The van der Waals surface area contributed by atoms with E-state index in [-0.39, 0.29) is 5.91 Å². The van der Waals surface area contributed by atoms with Crippen molar-refractivity contribution in [1.82, 2.24) is 4.90 Å². The first-order chi connectivity index (χ1) is 7.51. The summed E-state index contributed by atoms with van der Waals surface area (Å²) in [7, 11) is 3.47. The monoisotopic (exact) mass is 241 g/mol. The number of nitrogens with two attached hydrogens (primary N) is 1. The van der Waals surface area contributed by atoms with Gasteiger partial charge in [-0.2, -0.15) is 0 Å². The molecular formula is C11H19N3OS. The maximum Gasteiger partial charge on any atom is 0.265 e. The van der Waals surface area contributed by atoms with Crippen molar-refractivity contribution in [3.63, 3.8) is 0 Å². The Bertz CT molecular complexity index is 369. The highest BCUT2D eigenvalue weighted by molar-refractivity contribution is 7.18. The minimum atomic E-state index is -0.0269. The minimum Gasteiger partial charge on any atom is -0.397 e. The van der Waals surface area contributed by atoms with E-state index in [0.717, 1.165) is 18.1 Å². The van der Waals surface area contributed by atoms with Crippen molar-refractivity contribution >= 4 is 27.9 Å². The Morgan fingerprint density at radius 3 is 2.38 bits per heavy atom. The van der Waals surface area contributed by atoms with Gasteiger partial charge in [-0.3, -0.25) is 4.79 Å². The Labute approximate surface area is 101 Å². The molecule has 0 fully saturated rings. The summed E-state index contributed by atoms with van der Waals surface area (Å²) in [5.74, 6) is -0.0269. The zero-order valence-corrected chi connectivity index (χ0v) is 11.1. The number of anilines is 2. The molecule has 2 N–H and O–H groups in total. The molecule has 0 spiro atoms. The van der Waals surface area contributed by atoms with Crippen LogP contribution in [0.4, 0.5) is 10.7 Å². The molecule has 0 bridgehead atoms. The zero-order valence-electron chi connectivity index (χ0n) is 10.3. The number of rotatable bonds is 4. The summed E-state index contributed by atoms with van der Waals surface area (Å²) < 4.78 is 0. The second kappa shape index (κ2) is 5.21. The molecule has 1 amide bonds. The van der Waals surface area contributed by atoms with Gasteiger partial charge in [-0.05, 0) is 19.9 Å². The number of carbonyl (C=O) groups is 1. The third kappa shape index (κ3) is 2.47. The van der Waals surface area contributed by atoms with Crippen molar-refractivity contribution in [3.8, 4) is 0 Å². The molecule has 16 heavy (non-hydrogen) atoms. The van der Waals surface area contributed by atoms with E-state index in [4.69, 9.17) is 5.73 Å². The van der Waals surface area contributed by atoms with Crippen molar-refractivity contribution in [2.45, 2.75) is 13.8 Å². The van der Waals surface area contributed by atoms with Gasteiger partial charge in [0.15, 0.2) is 0 Å². The molecule has 0 saturated carbocycles. The predicted molar refractivity (Wildman–Crippen MR) is 70.3 cm³/mol. The molecular weight excluding hydrogens is 222 g/mol. The fourth-order valence-corrected chi connectivity index (χ4v) is 2.68. The van der Waals surface area contributed by atoms with E-state index >= 15 is 0 Å². The van der Waals surface area contributed by atoms with Crippen molar-refractivity contribution in [2.75, 3.05) is 37.8 Å². The number of nitrogens with zero attached hydrogens (tertiary/aromatic N) is 2. The highest BCUT2D eigenvalue weighted by Gasteiger charge is 2.17. The first kappa shape index (κ1) is 12.8. The second-order valence-corrected chi connectivity index (χ2v) is 4.77. The van der Waals surface area contributed by atoms with Crippen LogP contribution in [-0.4, -0.2) is 38.0 Å². The maximum atomic E-state index is 11.8. The van der Waals surface area contributed by atoms with Gasteiger partial charge in [0.2, 0.25) is 0 Å². The SMILES string of the molecule is CCN(CC)c1cc(N)c(C(=O)N(C)C)s1. The van der Waals surface area contributed by atoms with Crippen LogP contribution >= 0.6 is 11.3 Å². The fraction of sp³-hybridized carbons (Fsp3) is 0.545. The molecule has 0 unspecified atom stereocenters. The van der Waals surface area contributed by atoms with Gasteiger partial charge in [0.05, 0.1) is 10.7 Å². The zero-order chi connectivity index (χ0) is 12.3. The van der Waals surface area contributed by atoms with Gasteiger partial charge in [0, 0.05) is 27.2 Å². The van der Waals surface area contributed by atoms with Gasteiger partial charge < -0.3 is 15.5 Å². The summed E-state index contributed by atoms with van der Waals surface area (Å²) >= 11 is 1.46. The van der Waals surface area contributed by atoms with Gasteiger partial charge >= 0.3 is 0 Å². The minimum absolute atomic E-state index is 0.0269. The lowest BCUT2D eigenvalue weighted by molar-refractivity contribution is 0.0833. The summed E-state index contributed by atoms with van der Waals surface area (Å²) in [6, 6.07) is 1.88. The maximum absolute atomic E-state index is 11.8. The van der Waals surface area contributed by atoms with E-state index in [1.165, 1.54) is 11.3 Å². The van der Waals surface area contributed by atoms with E-state index in [2.05, 4.69) is 18.7 Å². The molecule has 0 radical (unpaired) electrons. The molecule has 0 saturated heterocycles. The second-order valence-electron chi connectivity index (χ2n) is 3.74. The lowest BCUT2D eigenvalue weighted by Crippen LogP contribution is -2.21. The fourth-order valence-electron chi connectivity index (χ4n) is 1.45. The van der Waals surface area contributed by atoms with Crippen LogP contribution in [0.25, 0.3) is 0 Å². The molecule has 4 nitrogen and oxygen atoms in total. The Hall–Kier alpha value is -1.23. The molecule has 0 atom stereocenters. The van der Waals surface area contributed by atoms with Crippen LogP contribution in [0.2, 0.25) is 0 Å². The quantitative estimate of drug-likeness (QED) is 0.875. The number of thiophene rings is 1. The highest BCUT2D eigenvalue weighted by atomic mass is 32.1. The van der Waals surface area contributed by atoms with Crippen molar-refractivity contribution < 1.29 is 4.79 Å². The van der Waals surface area contributed by atoms with E-state index in [0.29, 0.717) is 10.6 Å². The average molecular weight is 241 g/mol. The molecule has 1 aromatic rings. The van der Waals surface area contributed by atoms with Crippen LogP contribution in [0.3, 0.4) is 0 Å². The summed E-state index contributed by atoms with van der Waals surface area (Å²) in [6.07, 6.45) is 0. The smallest absolute Gasteiger partial charge is 0.265 e. The Morgan fingerprint density at radius 1 is 1.38 bits per heavy atom. The van der Waals surface area contributed by atoms with Gasteiger partial charge in [-0.25, -0.2) is 0 Å².